The first-order valence-corrected chi connectivity index (χ1v) is 6.11. The van der Waals surface area contributed by atoms with Crippen LogP contribution in [0.15, 0.2) is 24.3 Å². The van der Waals surface area contributed by atoms with Crippen LogP contribution in [0.1, 0.15) is 19.4 Å². The molecule has 0 bridgehead atoms. The van der Waals surface area contributed by atoms with Crippen LogP contribution < -0.4 is 10.5 Å². The van der Waals surface area contributed by atoms with Crippen LogP contribution in [0, 0.1) is 5.41 Å². The highest BCUT2D eigenvalue weighted by atomic mass is 16.5. The highest BCUT2D eigenvalue weighted by molar-refractivity contribution is 5.85. The fourth-order valence-electron chi connectivity index (χ4n) is 2.28. The van der Waals surface area contributed by atoms with Gasteiger partial charge in [-0.15, -0.1) is 0 Å². The smallest absolute Gasteiger partial charge is 0.240 e. The van der Waals surface area contributed by atoms with Crippen molar-refractivity contribution >= 4 is 5.91 Å². The van der Waals surface area contributed by atoms with Crippen LogP contribution in [-0.2, 0) is 11.3 Å². The lowest BCUT2D eigenvalue weighted by molar-refractivity contribution is -0.129. The molecule has 0 saturated carbocycles. The van der Waals surface area contributed by atoms with Crippen molar-refractivity contribution in [1.29, 1.82) is 0 Å². The third-order valence-electron chi connectivity index (χ3n) is 3.55. The van der Waals surface area contributed by atoms with E-state index in [1.807, 2.05) is 43.0 Å². The Bertz CT molecular complexity index is 440. The number of rotatable bonds is 3. The lowest BCUT2D eigenvalue weighted by atomic mass is 9.88. The van der Waals surface area contributed by atoms with Gasteiger partial charge in [-0.05, 0) is 17.7 Å². The summed E-state index contributed by atoms with van der Waals surface area (Å²) >= 11 is 0. The first-order valence-electron chi connectivity index (χ1n) is 6.11. The predicted octanol–water partition coefficient (Wildman–Crippen LogP) is 1.39. The minimum atomic E-state index is -0.393. The molecule has 0 aromatic heterocycles. The molecule has 4 heteroatoms. The van der Waals surface area contributed by atoms with Gasteiger partial charge in [-0.2, -0.15) is 0 Å². The normalized spacial score (nSPS) is 22.3. The molecule has 0 unspecified atom stereocenters. The van der Waals surface area contributed by atoms with Gasteiger partial charge < -0.3 is 15.4 Å². The summed E-state index contributed by atoms with van der Waals surface area (Å²) in [7, 11) is 1.64. The third-order valence-corrected chi connectivity index (χ3v) is 3.55. The molecule has 1 aromatic rings. The molecule has 2 rings (SSSR count). The first kappa shape index (κ1) is 12.9. The van der Waals surface area contributed by atoms with Crippen molar-refractivity contribution in [2.24, 2.45) is 11.1 Å². The van der Waals surface area contributed by atoms with E-state index in [9.17, 15) is 4.79 Å². The summed E-state index contributed by atoms with van der Waals surface area (Å²) in [5.41, 5.74) is 6.88. The minimum Gasteiger partial charge on any atom is -0.497 e. The van der Waals surface area contributed by atoms with Gasteiger partial charge in [0.25, 0.3) is 0 Å². The van der Waals surface area contributed by atoms with Gasteiger partial charge in [-0.1, -0.05) is 26.0 Å². The van der Waals surface area contributed by atoms with Gasteiger partial charge in [0.05, 0.1) is 13.2 Å². The Hall–Kier alpha value is -1.55. The lowest BCUT2D eigenvalue weighted by Crippen LogP contribution is -2.39. The summed E-state index contributed by atoms with van der Waals surface area (Å²) < 4.78 is 5.11. The van der Waals surface area contributed by atoms with Crippen LogP contribution in [0.25, 0.3) is 0 Å². The van der Waals surface area contributed by atoms with Gasteiger partial charge in [0.15, 0.2) is 0 Å². The molecule has 0 radical (unpaired) electrons. The second-order valence-corrected chi connectivity index (χ2v) is 5.51. The van der Waals surface area contributed by atoms with E-state index in [2.05, 4.69) is 0 Å². The van der Waals surface area contributed by atoms with Gasteiger partial charge in [0.2, 0.25) is 5.91 Å². The van der Waals surface area contributed by atoms with Gasteiger partial charge >= 0.3 is 0 Å². The predicted molar refractivity (Wildman–Crippen MR) is 70.2 cm³/mol. The number of methoxy groups -OCH3 is 1. The molecule has 98 valence electrons. The van der Waals surface area contributed by atoms with E-state index in [0.717, 1.165) is 11.3 Å². The maximum Gasteiger partial charge on any atom is 0.240 e. The van der Waals surface area contributed by atoms with Gasteiger partial charge in [0, 0.05) is 18.5 Å². The van der Waals surface area contributed by atoms with E-state index in [0.29, 0.717) is 13.1 Å². The Morgan fingerprint density at radius 3 is 2.44 bits per heavy atom. The number of ether oxygens (including phenoxy) is 1. The van der Waals surface area contributed by atoms with Crippen molar-refractivity contribution in [2.75, 3.05) is 13.7 Å². The lowest BCUT2D eigenvalue weighted by Gasteiger charge is -2.20. The zero-order valence-electron chi connectivity index (χ0n) is 11.1. The molecule has 4 nitrogen and oxygen atoms in total. The maximum absolute atomic E-state index is 12.0. The molecule has 2 N–H and O–H groups in total. The number of nitrogens with zero attached hydrogens (tertiary/aromatic N) is 1. The van der Waals surface area contributed by atoms with Crippen LogP contribution >= 0.6 is 0 Å². The molecule has 1 amide bonds. The molecule has 1 fully saturated rings. The molecule has 0 aliphatic carbocycles. The Kier molecular flexibility index (Phi) is 3.30. The Labute approximate surface area is 108 Å². The van der Waals surface area contributed by atoms with E-state index in [4.69, 9.17) is 10.5 Å². The molecule has 1 aliphatic heterocycles. The number of amides is 1. The Morgan fingerprint density at radius 1 is 1.39 bits per heavy atom. The third kappa shape index (κ3) is 2.34. The number of hydrogen-bond donors (Lipinski definition) is 1. The van der Waals surface area contributed by atoms with E-state index in [-0.39, 0.29) is 11.3 Å². The van der Waals surface area contributed by atoms with E-state index in [1.165, 1.54) is 0 Å². The number of carbonyl (C=O) groups excluding carboxylic acids is 1. The van der Waals surface area contributed by atoms with Crippen molar-refractivity contribution in [2.45, 2.75) is 26.4 Å². The summed E-state index contributed by atoms with van der Waals surface area (Å²) in [5, 5.41) is 0. The van der Waals surface area contributed by atoms with E-state index in [1.54, 1.807) is 7.11 Å². The molecule has 1 heterocycles. The van der Waals surface area contributed by atoms with Crippen molar-refractivity contribution < 1.29 is 9.53 Å². The summed E-state index contributed by atoms with van der Waals surface area (Å²) in [6.07, 6.45) is 0. The van der Waals surface area contributed by atoms with E-state index >= 15 is 0 Å². The summed E-state index contributed by atoms with van der Waals surface area (Å²) in [6, 6.07) is 7.36. The average molecular weight is 248 g/mol. The summed E-state index contributed by atoms with van der Waals surface area (Å²) in [6.45, 7) is 5.38. The molecule has 1 atom stereocenters. The van der Waals surface area contributed by atoms with Crippen molar-refractivity contribution in [3.05, 3.63) is 29.8 Å². The van der Waals surface area contributed by atoms with Gasteiger partial charge in [-0.25, -0.2) is 0 Å². The monoisotopic (exact) mass is 248 g/mol. The molecule has 18 heavy (non-hydrogen) atoms. The SMILES string of the molecule is COc1ccc(CN2CC(C)(C)[C@H](N)C2=O)cc1. The quantitative estimate of drug-likeness (QED) is 0.879. The fourth-order valence-corrected chi connectivity index (χ4v) is 2.28. The highest BCUT2D eigenvalue weighted by Gasteiger charge is 2.43. The van der Waals surface area contributed by atoms with Crippen LogP contribution in [0.3, 0.4) is 0 Å². The van der Waals surface area contributed by atoms with Crippen LogP contribution in [0.4, 0.5) is 0 Å². The standard InChI is InChI=1S/C14H20N2O2/c1-14(2)9-16(13(17)12(14)15)8-10-4-6-11(18-3)7-5-10/h4-7,12H,8-9,15H2,1-3H3/t12-/m1/s1. The number of nitrogens with two attached hydrogens (primary N) is 1. The highest BCUT2D eigenvalue weighted by Crippen LogP contribution is 2.30. The molecule has 1 aromatic carbocycles. The number of hydrogen-bond acceptors (Lipinski definition) is 3. The molecule has 0 spiro atoms. The second kappa shape index (κ2) is 4.61. The number of carbonyl (C=O) groups is 1. The van der Waals surface area contributed by atoms with Gasteiger partial charge in [0.1, 0.15) is 5.75 Å². The van der Waals surface area contributed by atoms with Crippen LogP contribution in [-0.4, -0.2) is 30.5 Å². The average Bonchev–Trinajstić information content (AvgIpc) is 2.54. The van der Waals surface area contributed by atoms with Crippen LogP contribution in [0.5, 0.6) is 5.75 Å². The second-order valence-electron chi connectivity index (χ2n) is 5.51. The topological polar surface area (TPSA) is 55.6 Å². The zero-order chi connectivity index (χ0) is 13.3. The van der Waals surface area contributed by atoms with E-state index < -0.39 is 6.04 Å². The largest absolute Gasteiger partial charge is 0.497 e. The zero-order valence-corrected chi connectivity index (χ0v) is 11.1. The van der Waals surface area contributed by atoms with Gasteiger partial charge in [-0.3, -0.25) is 4.79 Å². The maximum atomic E-state index is 12.0. The Balaban J connectivity index is 2.08. The summed E-state index contributed by atoms with van der Waals surface area (Å²) in [5.74, 6) is 0.861. The van der Waals surface area contributed by atoms with Crippen molar-refractivity contribution in [1.82, 2.24) is 4.90 Å². The molecular formula is C14H20N2O2. The van der Waals surface area contributed by atoms with Crippen LogP contribution in [0.2, 0.25) is 0 Å². The van der Waals surface area contributed by atoms with Crippen molar-refractivity contribution in [3.63, 3.8) is 0 Å². The van der Waals surface area contributed by atoms with Crippen molar-refractivity contribution in [3.8, 4) is 5.75 Å². The number of benzene rings is 1. The first-order chi connectivity index (χ1) is 8.44. The number of likely N-dealkylation sites (tertiary alicyclic amines) is 1. The Morgan fingerprint density at radius 2 is 2.00 bits per heavy atom. The molecule has 1 aliphatic rings. The molecular weight excluding hydrogens is 228 g/mol. The summed E-state index contributed by atoms with van der Waals surface area (Å²) in [4.78, 5) is 13.9. The fraction of sp³-hybridized carbons (Fsp3) is 0.500. The molecule has 1 saturated heterocycles. The minimum absolute atomic E-state index is 0.0378.